The molecule has 1 aromatic carbocycles. The summed E-state index contributed by atoms with van der Waals surface area (Å²) < 4.78 is 28.3. The summed E-state index contributed by atoms with van der Waals surface area (Å²) in [6, 6.07) is 3.44. The lowest BCUT2D eigenvalue weighted by Crippen LogP contribution is -2.41. The van der Waals surface area contributed by atoms with Crippen molar-refractivity contribution in [3.63, 3.8) is 0 Å². The monoisotopic (exact) mass is 351 g/mol. The molecule has 2 rings (SSSR count). The third-order valence-corrected chi connectivity index (χ3v) is 5.55. The van der Waals surface area contributed by atoms with Crippen molar-refractivity contribution in [2.45, 2.75) is 24.8 Å². The summed E-state index contributed by atoms with van der Waals surface area (Å²) in [4.78, 5) is 0. The van der Waals surface area contributed by atoms with E-state index in [0.717, 1.165) is 18.5 Å². The van der Waals surface area contributed by atoms with Gasteiger partial charge in [-0.2, -0.15) is 0 Å². The molecule has 1 aromatic rings. The Bertz CT molecular complexity index is 619. The predicted octanol–water partition coefficient (Wildman–Crippen LogP) is 2.88. The van der Waals surface area contributed by atoms with E-state index in [1.54, 1.807) is 19.2 Å². The van der Waals surface area contributed by atoms with E-state index in [1.165, 1.54) is 6.26 Å². The Morgan fingerprint density at radius 3 is 2.71 bits per heavy atom. The van der Waals surface area contributed by atoms with Crippen LogP contribution in [0.5, 0.6) is 5.75 Å². The molecule has 1 N–H and O–H groups in total. The lowest BCUT2D eigenvalue weighted by atomic mass is 9.86. The zero-order valence-electron chi connectivity index (χ0n) is 12.0. The number of halogens is 2. The third-order valence-electron chi connectivity index (χ3n) is 3.72. The molecule has 21 heavy (non-hydrogen) atoms. The summed E-state index contributed by atoms with van der Waals surface area (Å²) in [5.41, 5.74) is 0.881. The van der Waals surface area contributed by atoms with E-state index in [4.69, 9.17) is 27.9 Å². The fourth-order valence-electron chi connectivity index (χ4n) is 2.87. The maximum atomic E-state index is 11.5. The van der Waals surface area contributed by atoms with Crippen LogP contribution in [0.3, 0.4) is 0 Å². The molecule has 0 aliphatic carbocycles. The molecule has 7 heteroatoms. The van der Waals surface area contributed by atoms with Crippen LogP contribution in [0.15, 0.2) is 12.1 Å². The van der Waals surface area contributed by atoms with Crippen molar-refractivity contribution in [3.05, 3.63) is 27.7 Å². The summed E-state index contributed by atoms with van der Waals surface area (Å²) in [5, 5.41) is 4.24. The maximum Gasteiger partial charge on any atom is 0.148 e. The second kappa shape index (κ2) is 6.73. The summed E-state index contributed by atoms with van der Waals surface area (Å²) >= 11 is 12.4. The van der Waals surface area contributed by atoms with Crippen LogP contribution in [-0.2, 0) is 9.84 Å². The van der Waals surface area contributed by atoms with Gasteiger partial charge in [-0.25, -0.2) is 8.42 Å². The van der Waals surface area contributed by atoms with E-state index < -0.39 is 9.84 Å². The first-order chi connectivity index (χ1) is 9.81. The van der Waals surface area contributed by atoms with Gasteiger partial charge in [0.05, 0.1) is 22.9 Å². The summed E-state index contributed by atoms with van der Waals surface area (Å²) in [6.45, 7) is 0.747. The van der Waals surface area contributed by atoms with Gasteiger partial charge in [0.1, 0.15) is 15.6 Å². The average molecular weight is 352 g/mol. The Morgan fingerprint density at radius 2 is 2.10 bits per heavy atom. The minimum atomic E-state index is -3.02. The minimum Gasteiger partial charge on any atom is -0.496 e. The second-order valence-corrected chi connectivity index (χ2v) is 8.41. The number of benzene rings is 1. The number of nitrogens with one attached hydrogen (secondary N) is 1. The van der Waals surface area contributed by atoms with Crippen LogP contribution in [0.2, 0.25) is 10.0 Å². The SMILES string of the molecule is COc1ccc(Cl)c(Cl)c1C1CCNC(CS(C)(=O)=O)C1. The van der Waals surface area contributed by atoms with Gasteiger partial charge in [-0.3, -0.25) is 0 Å². The molecule has 0 spiro atoms. The molecule has 1 fully saturated rings. The van der Waals surface area contributed by atoms with Gasteiger partial charge in [0.15, 0.2) is 0 Å². The van der Waals surface area contributed by atoms with Gasteiger partial charge < -0.3 is 10.1 Å². The van der Waals surface area contributed by atoms with E-state index in [9.17, 15) is 8.42 Å². The van der Waals surface area contributed by atoms with Gasteiger partial charge in [-0.1, -0.05) is 23.2 Å². The number of hydrogen-bond donors (Lipinski definition) is 1. The summed E-state index contributed by atoms with van der Waals surface area (Å²) in [6.07, 6.45) is 2.82. The standard InChI is InChI=1S/C14H19Cl2NO3S/c1-20-12-4-3-11(15)14(16)13(12)9-5-6-17-10(7-9)8-21(2,18)19/h3-4,9-10,17H,5-8H2,1-2H3. The Kier molecular flexibility index (Phi) is 5.41. The molecule has 2 unspecified atom stereocenters. The van der Waals surface area contributed by atoms with Gasteiger partial charge >= 0.3 is 0 Å². The Hall–Kier alpha value is -0.490. The average Bonchev–Trinajstić information content (AvgIpc) is 2.40. The first-order valence-electron chi connectivity index (χ1n) is 6.75. The molecule has 0 bridgehead atoms. The highest BCUT2D eigenvalue weighted by Gasteiger charge is 2.29. The Labute approximate surface area is 135 Å². The highest BCUT2D eigenvalue weighted by Crippen LogP contribution is 2.42. The van der Waals surface area contributed by atoms with E-state index in [-0.39, 0.29) is 17.7 Å². The Morgan fingerprint density at radius 1 is 1.38 bits per heavy atom. The number of ether oxygens (including phenoxy) is 1. The zero-order chi connectivity index (χ0) is 15.6. The lowest BCUT2D eigenvalue weighted by Gasteiger charge is -2.31. The summed E-state index contributed by atoms with van der Waals surface area (Å²) in [5.74, 6) is 0.970. The molecule has 0 saturated carbocycles. The Balaban J connectivity index is 2.27. The van der Waals surface area contributed by atoms with Crippen LogP contribution >= 0.6 is 23.2 Å². The fraction of sp³-hybridized carbons (Fsp3) is 0.571. The lowest BCUT2D eigenvalue weighted by molar-refractivity contribution is 0.361. The van der Waals surface area contributed by atoms with Gasteiger partial charge in [0.2, 0.25) is 0 Å². The molecular weight excluding hydrogens is 333 g/mol. The quantitative estimate of drug-likeness (QED) is 0.905. The van der Waals surface area contributed by atoms with E-state index in [2.05, 4.69) is 5.32 Å². The van der Waals surface area contributed by atoms with Crippen molar-refractivity contribution >= 4 is 33.0 Å². The van der Waals surface area contributed by atoms with Crippen LogP contribution in [0.1, 0.15) is 24.3 Å². The number of methoxy groups -OCH3 is 1. The molecule has 1 heterocycles. The molecule has 0 aromatic heterocycles. The number of rotatable bonds is 4. The first kappa shape index (κ1) is 16.9. The van der Waals surface area contributed by atoms with Gasteiger partial charge in [-0.15, -0.1) is 0 Å². The third kappa shape index (κ3) is 4.25. The van der Waals surface area contributed by atoms with Gasteiger partial charge in [0, 0.05) is 17.9 Å². The molecular formula is C14H19Cl2NO3S. The summed E-state index contributed by atoms with van der Waals surface area (Å²) in [7, 11) is -1.42. The number of sulfone groups is 1. The second-order valence-electron chi connectivity index (χ2n) is 5.44. The predicted molar refractivity (Wildman–Crippen MR) is 86.5 cm³/mol. The van der Waals surface area contributed by atoms with Crippen molar-refractivity contribution in [3.8, 4) is 5.75 Å². The van der Waals surface area contributed by atoms with Crippen LogP contribution in [0.4, 0.5) is 0 Å². The highest BCUT2D eigenvalue weighted by molar-refractivity contribution is 7.90. The molecule has 1 saturated heterocycles. The van der Waals surface area contributed by atoms with Crippen LogP contribution in [0, 0.1) is 0 Å². The molecule has 2 atom stereocenters. The van der Waals surface area contributed by atoms with Crippen molar-refractivity contribution in [1.29, 1.82) is 0 Å². The fourth-order valence-corrected chi connectivity index (χ4v) is 4.33. The maximum absolute atomic E-state index is 11.5. The van der Waals surface area contributed by atoms with Crippen LogP contribution in [-0.4, -0.2) is 40.1 Å². The van der Waals surface area contributed by atoms with Gasteiger partial charge in [-0.05, 0) is 37.4 Å². The van der Waals surface area contributed by atoms with E-state index in [0.29, 0.717) is 22.2 Å². The van der Waals surface area contributed by atoms with Crippen molar-refractivity contribution < 1.29 is 13.2 Å². The molecule has 4 nitrogen and oxygen atoms in total. The minimum absolute atomic E-state index is 0.0708. The first-order valence-corrected chi connectivity index (χ1v) is 9.56. The van der Waals surface area contributed by atoms with E-state index in [1.807, 2.05) is 0 Å². The molecule has 1 aliphatic heterocycles. The number of piperidine rings is 1. The van der Waals surface area contributed by atoms with Crippen LogP contribution < -0.4 is 10.1 Å². The van der Waals surface area contributed by atoms with Crippen LogP contribution in [0.25, 0.3) is 0 Å². The van der Waals surface area contributed by atoms with Crippen molar-refractivity contribution in [1.82, 2.24) is 5.32 Å². The normalized spacial score (nSPS) is 23.0. The smallest absolute Gasteiger partial charge is 0.148 e. The molecule has 0 radical (unpaired) electrons. The molecule has 118 valence electrons. The topological polar surface area (TPSA) is 55.4 Å². The zero-order valence-corrected chi connectivity index (χ0v) is 14.4. The number of hydrogen-bond acceptors (Lipinski definition) is 4. The van der Waals surface area contributed by atoms with Crippen molar-refractivity contribution in [2.24, 2.45) is 0 Å². The molecule has 1 aliphatic rings. The highest BCUT2D eigenvalue weighted by atomic mass is 35.5. The van der Waals surface area contributed by atoms with Gasteiger partial charge in [0.25, 0.3) is 0 Å². The van der Waals surface area contributed by atoms with Crippen molar-refractivity contribution in [2.75, 3.05) is 25.7 Å². The van der Waals surface area contributed by atoms with E-state index >= 15 is 0 Å². The molecule has 0 amide bonds. The largest absolute Gasteiger partial charge is 0.496 e.